The summed E-state index contributed by atoms with van der Waals surface area (Å²) in [5.74, 6) is -0.202. The van der Waals surface area contributed by atoms with E-state index in [1.54, 1.807) is 6.07 Å². The molecule has 3 amide bonds. The fourth-order valence-corrected chi connectivity index (χ4v) is 2.79. The molecule has 2 heterocycles. The first kappa shape index (κ1) is 13.6. The summed E-state index contributed by atoms with van der Waals surface area (Å²) >= 11 is 0. The number of amides is 3. The van der Waals surface area contributed by atoms with Crippen LogP contribution in [0.15, 0.2) is 18.2 Å². The maximum absolute atomic E-state index is 12.5. The number of ether oxygens (including phenoxy) is 1. The molecular weight excluding hydrogens is 272 g/mol. The first-order valence-electron chi connectivity index (χ1n) is 7.00. The summed E-state index contributed by atoms with van der Waals surface area (Å²) in [4.78, 5) is 37.1. The Morgan fingerprint density at radius 2 is 2.14 bits per heavy atom. The molecule has 0 aromatic heterocycles. The Morgan fingerprint density at radius 3 is 2.86 bits per heavy atom. The van der Waals surface area contributed by atoms with Crippen LogP contribution in [0.5, 0.6) is 5.75 Å². The number of rotatable bonds is 3. The van der Waals surface area contributed by atoms with Crippen molar-refractivity contribution >= 4 is 17.7 Å². The van der Waals surface area contributed by atoms with E-state index in [2.05, 4.69) is 5.32 Å². The van der Waals surface area contributed by atoms with Crippen molar-refractivity contribution in [1.29, 1.82) is 0 Å². The van der Waals surface area contributed by atoms with Gasteiger partial charge >= 0.3 is 0 Å². The van der Waals surface area contributed by atoms with Crippen LogP contribution in [0.2, 0.25) is 0 Å². The highest BCUT2D eigenvalue weighted by Crippen LogP contribution is 2.30. The van der Waals surface area contributed by atoms with E-state index in [0.717, 1.165) is 5.56 Å². The third-order valence-electron chi connectivity index (χ3n) is 3.81. The highest BCUT2D eigenvalue weighted by molar-refractivity contribution is 6.05. The molecule has 1 unspecified atom stereocenters. The molecule has 0 spiro atoms. The second-order valence-corrected chi connectivity index (χ2v) is 5.15. The van der Waals surface area contributed by atoms with E-state index in [1.807, 2.05) is 19.1 Å². The number of fused-ring (bicyclic) bond motifs is 1. The van der Waals surface area contributed by atoms with Gasteiger partial charge in [0.1, 0.15) is 11.8 Å². The van der Waals surface area contributed by atoms with Crippen LogP contribution in [-0.4, -0.2) is 35.3 Å². The van der Waals surface area contributed by atoms with Gasteiger partial charge in [0, 0.05) is 18.5 Å². The smallest absolute Gasteiger partial charge is 0.255 e. The van der Waals surface area contributed by atoms with Crippen molar-refractivity contribution in [2.45, 2.75) is 32.4 Å². The molecule has 0 bridgehead atoms. The van der Waals surface area contributed by atoms with E-state index >= 15 is 0 Å². The molecule has 0 radical (unpaired) electrons. The molecule has 2 aliphatic rings. The van der Waals surface area contributed by atoms with Gasteiger partial charge in [0.25, 0.3) is 5.91 Å². The predicted octanol–water partition coefficient (Wildman–Crippen LogP) is 0.846. The second kappa shape index (κ2) is 5.20. The second-order valence-electron chi connectivity index (χ2n) is 5.15. The molecule has 0 aliphatic carbocycles. The third-order valence-corrected chi connectivity index (χ3v) is 3.81. The SMILES string of the molecule is CCOc1ccc2c(c1)C(=O)N(C1CCC(=O)NC1=O)C2. The lowest BCUT2D eigenvalue weighted by molar-refractivity contribution is -0.136. The van der Waals surface area contributed by atoms with Gasteiger partial charge in [-0.15, -0.1) is 0 Å². The zero-order valence-corrected chi connectivity index (χ0v) is 11.7. The molecule has 2 aliphatic heterocycles. The fourth-order valence-electron chi connectivity index (χ4n) is 2.79. The zero-order chi connectivity index (χ0) is 15.0. The molecule has 1 fully saturated rings. The molecule has 21 heavy (non-hydrogen) atoms. The third kappa shape index (κ3) is 2.37. The van der Waals surface area contributed by atoms with Gasteiger partial charge in [-0.1, -0.05) is 6.07 Å². The van der Waals surface area contributed by atoms with E-state index in [4.69, 9.17) is 4.74 Å². The minimum atomic E-state index is -0.571. The van der Waals surface area contributed by atoms with Gasteiger partial charge in [-0.2, -0.15) is 0 Å². The molecular formula is C15H16N2O4. The van der Waals surface area contributed by atoms with Crippen molar-refractivity contribution in [3.63, 3.8) is 0 Å². The Morgan fingerprint density at radius 1 is 1.33 bits per heavy atom. The Hall–Kier alpha value is -2.37. The molecule has 6 heteroatoms. The number of benzene rings is 1. The van der Waals surface area contributed by atoms with Crippen LogP contribution < -0.4 is 10.1 Å². The van der Waals surface area contributed by atoms with Crippen molar-refractivity contribution < 1.29 is 19.1 Å². The molecule has 0 saturated carbocycles. The van der Waals surface area contributed by atoms with Crippen LogP contribution in [0.1, 0.15) is 35.7 Å². The molecule has 110 valence electrons. The summed E-state index contributed by atoms with van der Waals surface area (Å²) in [6.07, 6.45) is 0.642. The minimum Gasteiger partial charge on any atom is -0.494 e. The van der Waals surface area contributed by atoms with Crippen molar-refractivity contribution in [3.8, 4) is 5.75 Å². The molecule has 1 saturated heterocycles. The van der Waals surface area contributed by atoms with Crippen LogP contribution in [0.3, 0.4) is 0 Å². The Bertz CT molecular complexity index is 626. The van der Waals surface area contributed by atoms with Crippen molar-refractivity contribution in [2.75, 3.05) is 6.61 Å². The maximum Gasteiger partial charge on any atom is 0.255 e. The van der Waals surface area contributed by atoms with E-state index in [1.165, 1.54) is 4.90 Å². The summed E-state index contributed by atoms with van der Waals surface area (Å²) in [5, 5.41) is 2.29. The standard InChI is InChI=1S/C15H16N2O4/c1-2-21-10-4-3-9-8-17(15(20)11(9)7-10)12-5-6-13(18)16-14(12)19/h3-4,7,12H,2,5-6,8H2,1H3,(H,16,18,19). The predicted molar refractivity (Wildman–Crippen MR) is 73.7 cm³/mol. The topological polar surface area (TPSA) is 75.7 Å². The minimum absolute atomic E-state index is 0.180. The number of nitrogens with zero attached hydrogens (tertiary/aromatic N) is 1. The van der Waals surface area contributed by atoms with Gasteiger partial charge in [0.2, 0.25) is 11.8 Å². The van der Waals surface area contributed by atoms with E-state index in [0.29, 0.717) is 30.9 Å². The number of hydrogen-bond donors (Lipinski definition) is 1. The van der Waals surface area contributed by atoms with Gasteiger partial charge in [0.05, 0.1) is 6.61 Å². The van der Waals surface area contributed by atoms with Gasteiger partial charge in [-0.3, -0.25) is 19.7 Å². The van der Waals surface area contributed by atoms with E-state index in [9.17, 15) is 14.4 Å². The summed E-state index contributed by atoms with van der Waals surface area (Å²) in [6, 6.07) is 4.82. The first-order chi connectivity index (χ1) is 10.1. The zero-order valence-electron chi connectivity index (χ0n) is 11.7. The normalized spacial score (nSPS) is 21.3. The molecule has 6 nitrogen and oxygen atoms in total. The average Bonchev–Trinajstić information content (AvgIpc) is 2.77. The number of hydrogen-bond acceptors (Lipinski definition) is 4. The van der Waals surface area contributed by atoms with Crippen LogP contribution in [-0.2, 0) is 16.1 Å². The summed E-state index contributed by atoms with van der Waals surface area (Å²) in [6.45, 7) is 2.81. The Labute approximate surface area is 122 Å². The molecule has 1 aromatic carbocycles. The van der Waals surface area contributed by atoms with Crippen LogP contribution in [0.25, 0.3) is 0 Å². The summed E-state index contributed by atoms with van der Waals surface area (Å²) in [7, 11) is 0. The number of carbonyl (C=O) groups excluding carboxylic acids is 3. The van der Waals surface area contributed by atoms with Gasteiger partial charge in [-0.05, 0) is 31.0 Å². The molecule has 1 atom stereocenters. The molecule has 1 N–H and O–H groups in total. The fraction of sp³-hybridized carbons (Fsp3) is 0.400. The van der Waals surface area contributed by atoms with Gasteiger partial charge in [0.15, 0.2) is 0 Å². The van der Waals surface area contributed by atoms with Gasteiger partial charge < -0.3 is 9.64 Å². The number of nitrogens with one attached hydrogen (secondary N) is 1. The molecule has 3 rings (SSSR count). The largest absolute Gasteiger partial charge is 0.494 e. The monoisotopic (exact) mass is 288 g/mol. The van der Waals surface area contributed by atoms with Crippen molar-refractivity contribution in [3.05, 3.63) is 29.3 Å². The molecule has 1 aromatic rings. The summed E-state index contributed by atoms with van der Waals surface area (Å²) < 4.78 is 5.40. The van der Waals surface area contributed by atoms with Crippen LogP contribution >= 0.6 is 0 Å². The van der Waals surface area contributed by atoms with E-state index in [-0.39, 0.29) is 18.2 Å². The van der Waals surface area contributed by atoms with E-state index < -0.39 is 11.9 Å². The Balaban J connectivity index is 1.83. The van der Waals surface area contributed by atoms with Crippen LogP contribution in [0, 0.1) is 0 Å². The first-order valence-corrected chi connectivity index (χ1v) is 7.00. The highest BCUT2D eigenvalue weighted by atomic mass is 16.5. The van der Waals surface area contributed by atoms with Crippen molar-refractivity contribution in [1.82, 2.24) is 10.2 Å². The maximum atomic E-state index is 12.5. The number of imide groups is 1. The number of carbonyl (C=O) groups is 3. The lowest BCUT2D eigenvalue weighted by Gasteiger charge is -2.29. The Kier molecular flexibility index (Phi) is 3.37. The van der Waals surface area contributed by atoms with Crippen molar-refractivity contribution in [2.24, 2.45) is 0 Å². The highest BCUT2D eigenvalue weighted by Gasteiger charge is 2.39. The quantitative estimate of drug-likeness (QED) is 0.837. The lowest BCUT2D eigenvalue weighted by atomic mass is 10.0. The average molecular weight is 288 g/mol. The van der Waals surface area contributed by atoms with Gasteiger partial charge in [-0.25, -0.2) is 0 Å². The number of piperidine rings is 1. The van der Waals surface area contributed by atoms with Crippen LogP contribution in [0.4, 0.5) is 0 Å². The summed E-state index contributed by atoms with van der Waals surface area (Å²) in [5.41, 5.74) is 1.46. The lowest BCUT2D eigenvalue weighted by Crippen LogP contribution is -2.52.